The molecule has 13 heavy (non-hydrogen) atoms. The first kappa shape index (κ1) is 8.19. The summed E-state index contributed by atoms with van der Waals surface area (Å²) in [6.07, 6.45) is 0.660. The smallest absolute Gasteiger partial charge is 0.119 e. The van der Waals surface area contributed by atoms with E-state index in [-0.39, 0.29) is 0 Å². The Morgan fingerprint density at radius 3 is 2.62 bits per heavy atom. The van der Waals surface area contributed by atoms with E-state index in [4.69, 9.17) is 11.8 Å². The van der Waals surface area contributed by atoms with Crippen LogP contribution in [0, 0.1) is 0 Å². The van der Waals surface area contributed by atoms with E-state index < -0.39 is 0 Å². The molecule has 0 fully saturated rings. The average Bonchev–Trinajstić information content (AvgIpc) is 2.53. The number of nitrogens with zero attached hydrogens (tertiary/aromatic N) is 4. The lowest BCUT2D eigenvalue weighted by Gasteiger charge is -1.93. The quantitative estimate of drug-likeness (QED) is 0.723. The summed E-state index contributed by atoms with van der Waals surface area (Å²) in [7, 11) is 0. The van der Waals surface area contributed by atoms with Crippen LogP contribution in [0.1, 0.15) is 11.4 Å². The van der Waals surface area contributed by atoms with Crippen LogP contribution in [-0.2, 0) is 6.42 Å². The van der Waals surface area contributed by atoms with Crippen LogP contribution in [0.15, 0.2) is 30.3 Å². The Kier molecular flexibility index (Phi) is 2.23. The van der Waals surface area contributed by atoms with Gasteiger partial charge < -0.3 is 0 Å². The topological polar surface area (TPSA) is 43.6 Å². The summed E-state index contributed by atoms with van der Waals surface area (Å²) in [5.41, 5.74) is 1.15. The van der Waals surface area contributed by atoms with Gasteiger partial charge in [0.15, 0.2) is 5.82 Å². The van der Waals surface area contributed by atoms with Crippen LogP contribution < -0.4 is 0 Å². The van der Waals surface area contributed by atoms with Crippen LogP contribution in [0.4, 0.5) is 0 Å². The van der Waals surface area contributed by atoms with Crippen molar-refractivity contribution >= 4 is 11.8 Å². The third kappa shape index (κ3) is 2.03. The van der Waals surface area contributed by atoms with Crippen molar-refractivity contribution in [2.45, 2.75) is 6.42 Å². The highest BCUT2D eigenvalue weighted by Gasteiger charge is 2.01. The van der Waals surface area contributed by atoms with Gasteiger partial charge in [-0.25, -0.2) is 0 Å². The minimum atomic E-state index is 0.626. The second kappa shape index (κ2) is 3.53. The Morgan fingerprint density at radius 2 is 2.00 bits per heavy atom. The third-order valence-corrected chi connectivity index (χ3v) is 1.78. The van der Waals surface area contributed by atoms with E-state index in [1.165, 1.54) is 0 Å². The maximum atomic E-state index is 5.46. The van der Waals surface area contributed by atoms with Crippen LogP contribution in [0.3, 0.4) is 0 Å². The van der Waals surface area contributed by atoms with E-state index in [9.17, 15) is 0 Å². The van der Waals surface area contributed by atoms with Crippen molar-refractivity contribution in [1.82, 2.24) is 19.7 Å². The largest absolute Gasteiger partial charge is 0.180 e. The lowest BCUT2D eigenvalue weighted by atomic mass is 10.1. The number of halogens is 1. The summed E-state index contributed by atoms with van der Waals surface area (Å²) < 4.78 is 0.943. The molecule has 0 spiro atoms. The van der Waals surface area contributed by atoms with Crippen LogP contribution >= 0.6 is 11.8 Å². The summed E-state index contributed by atoms with van der Waals surface area (Å²) in [5.74, 6) is 0.626. The van der Waals surface area contributed by atoms with Gasteiger partial charge in [0.25, 0.3) is 0 Å². The number of hydrogen-bond donors (Lipinski definition) is 0. The van der Waals surface area contributed by atoms with E-state index in [0.717, 1.165) is 9.88 Å². The van der Waals surface area contributed by atoms with E-state index in [1.807, 2.05) is 30.3 Å². The van der Waals surface area contributed by atoms with E-state index in [0.29, 0.717) is 12.2 Å². The zero-order chi connectivity index (χ0) is 9.10. The van der Waals surface area contributed by atoms with Crippen LogP contribution in [0.2, 0.25) is 0 Å². The molecule has 0 aliphatic rings. The molecule has 5 heteroatoms. The number of tetrazole rings is 1. The Balaban J connectivity index is 2.15. The molecule has 0 N–H and O–H groups in total. The average molecular weight is 195 g/mol. The molecule has 0 unspecified atom stereocenters. The first-order valence-electron chi connectivity index (χ1n) is 3.83. The normalized spacial score (nSPS) is 10.2. The Bertz CT molecular complexity index is 384. The molecule has 1 aromatic heterocycles. The van der Waals surface area contributed by atoms with Crippen LogP contribution in [-0.4, -0.2) is 19.7 Å². The van der Waals surface area contributed by atoms with Gasteiger partial charge in [-0.1, -0.05) is 34.6 Å². The van der Waals surface area contributed by atoms with Gasteiger partial charge in [0.1, 0.15) is 0 Å². The fourth-order valence-electron chi connectivity index (χ4n) is 1.07. The third-order valence-electron chi connectivity index (χ3n) is 1.64. The molecule has 1 heterocycles. The van der Waals surface area contributed by atoms with Gasteiger partial charge in [-0.05, 0) is 10.8 Å². The van der Waals surface area contributed by atoms with Gasteiger partial charge in [-0.3, -0.25) is 0 Å². The summed E-state index contributed by atoms with van der Waals surface area (Å²) >= 11 is 5.46. The predicted molar refractivity (Wildman–Crippen MR) is 48.3 cm³/mol. The van der Waals surface area contributed by atoms with Crippen molar-refractivity contribution in [3.63, 3.8) is 0 Å². The van der Waals surface area contributed by atoms with Crippen molar-refractivity contribution in [2.24, 2.45) is 0 Å². The van der Waals surface area contributed by atoms with Gasteiger partial charge in [0.2, 0.25) is 0 Å². The highest BCUT2D eigenvalue weighted by atomic mass is 35.5. The van der Waals surface area contributed by atoms with E-state index >= 15 is 0 Å². The SMILES string of the molecule is Cln1nnc(Cc2ccccc2)n1. The zero-order valence-electron chi connectivity index (χ0n) is 6.76. The van der Waals surface area contributed by atoms with Crippen molar-refractivity contribution in [3.05, 3.63) is 41.7 Å². The van der Waals surface area contributed by atoms with Gasteiger partial charge in [-0.2, -0.15) is 0 Å². The molecule has 0 aliphatic heterocycles. The zero-order valence-corrected chi connectivity index (χ0v) is 7.52. The Labute approximate surface area is 80.3 Å². The van der Waals surface area contributed by atoms with Crippen molar-refractivity contribution in [1.29, 1.82) is 0 Å². The standard InChI is InChI=1S/C8H7ClN4/c9-13-11-8(10-12-13)6-7-4-2-1-3-5-7/h1-5H,6H2. The molecular weight excluding hydrogens is 188 g/mol. The highest BCUT2D eigenvalue weighted by Crippen LogP contribution is 2.03. The maximum Gasteiger partial charge on any atom is 0.180 e. The molecule has 66 valence electrons. The first-order chi connectivity index (χ1) is 6.34. The number of benzene rings is 1. The molecule has 0 aliphatic carbocycles. The van der Waals surface area contributed by atoms with Crippen molar-refractivity contribution in [3.8, 4) is 0 Å². The van der Waals surface area contributed by atoms with Gasteiger partial charge >= 0.3 is 0 Å². The van der Waals surface area contributed by atoms with E-state index in [2.05, 4.69) is 15.4 Å². The molecule has 0 saturated carbocycles. The highest BCUT2D eigenvalue weighted by molar-refractivity contribution is 6.13. The fourth-order valence-corrected chi connectivity index (χ4v) is 1.19. The Morgan fingerprint density at radius 1 is 1.23 bits per heavy atom. The molecule has 2 aromatic rings. The monoisotopic (exact) mass is 194 g/mol. The number of aromatic nitrogens is 4. The minimum Gasteiger partial charge on any atom is -0.119 e. The second-order valence-electron chi connectivity index (χ2n) is 2.61. The molecule has 0 saturated heterocycles. The summed E-state index contributed by atoms with van der Waals surface area (Å²) in [5, 5.41) is 11.2. The Hall–Kier alpha value is -1.42. The van der Waals surface area contributed by atoms with Crippen molar-refractivity contribution in [2.75, 3.05) is 0 Å². The molecule has 0 bridgehead atoms. The maximum absolute atomic E-state index is 5.46. The molecule has 0 radical (unpaired) electrons. The van der Waals surface area contributed by atoms with Crippen LogP contribution in [0.5, 0.6) is 0 Å². The van der Waals surface area contributed by atoms with Crippen LogP contribution in [0.25, 0.3) is 0 Å². The molecule has 0 amide bonds. The van der Waals surface area contributed by atoms with Gasteiger partial charge in [0, 0.05) is 6.42 Å². The molecule has 4 nitrogen and oxygen atoms in total. The minimum absolute atomic E-state index is 0.626. The lowest BCUT2D eigenvalue weighted by Crippen LogP contribution is -1.91. The van der Waals surface area contributed by atoms with Gasteiger partial charge in [-0.15, -0.1) is 10.2 Å². The number of hydrogen-bond acceptors (Lipinski definition) is 3. The predicted octanol–water partition coefficient (Wildman–Crippen LogP) is 1.27. The first-order valence-corrected chi connectivity index (χ1v) is 4.17. The van der Waals surface area contributed by atoms with E-state index in [1.54, 1.807) is 0 Å². The second-order valence-corrected chi connectivity index (χ2v) is 2.91. The summed E-state index contributed by atoms with van der Waals surface area (Å²) in [6.45, 7) is 0. The van der Waals surface area contributed by atoms with Crippen molar-refractivity contribution < 1.29 is 0 Å². The number of rotatable bonds is 2. The molecule has 1 aromatic carbocycles. The fraction of sp³-hybridized carbons (Fsp3) is 0.125. The summed E-state index contributed by atoms with van der Waals surface area (Å²) in [4.78, 5) is 0. The molecular formula is C8H7ClN4. The molecule has 2 rings (SSSR count). The summed E-state index contributed by atoms with van der Waals surface area (Å²) in [6, 6.07) is 9.93. The molecule has 0 atom stereocenters. The lowest BCUT2D eigenvalue weighted by molar-refractivity contribution is 0.803. The van der Waals surface area contributed by atoms with Gasteiger partial charge in [0.05, 0.1) is 11.8 Å².